The Balaban J connectivity index is 1.97. The minimum atomic E-state index is 0.465. The molecule has 16 heavy (non-hydrogen) atoms. The Hall–Kier alpha value is -0.540. The molecule has 0 aromatic heterocycles. The normalized spacial score (nSPS) is 17.2. The van der Waals surface area contributed by atoms with Crippen molar-refractivity contribution in [1.82, 2.24) is 0 Å². The third-order valence-corrected chi connectivity index (χ3v) is 4.17. The molecule has 2 rings (SSSR count). The van der Waals surface area contributed by atoms with Gasteiger partial charge in [0.2, 0.25) is 0 Å². The van der Waals surface area contributed by atoms with Crippen LogP contribution in [0.4, 0.5) is 0 Å². The van der Waals surface area contributed by atoms with E-state index in [2.05, 4.69) is 28.1 Å². The van der Waals surface area contributed by atoms with Crippen LogP contribution in [-0.2, 0) is 6.42 Å². The molecule has 0 amide bonds. The van der Waals surface area contributed by atoms with E-state index < -0.39 is 0 Å². The molecule has 1 aromatic rings. The average Bonchev–Trinajstić information content (AvgIpc) is 3.07. The summed E-state index contributed by atoms with van der Waals surface area (Å²) in [4.78, 5) is 0. The van der Waals surface area contributed by atoms with Gasteiger partial charge in [0.25, 0.3) is 0 Å². The Morgan fingerprint density at radius 2 is 2.19 bits per heavy atom. The summed E-state index contributed by atoms with van der Waals surface area (Å²) >= 11 is 3.51. The van der Waals surface area contributed by atoms with Crippen molar-refractivity contribution < 1.29 is 4.74 Å². The zero-order valence-electron chi connectivity index (χ0n) is 9.63. The van der Waals surface area contributed by atoms with Crippen LogP contribution in [0, 0.1) is 5.41 Å². The number of halogens is 1. The molecular formula is C13H18BrNO. The van der Waals surface area contributed by atoms with E-state index in [0.717, 1.165) is 23.2 Å². The minimum absolute atomic E-state index is 0.465. The maximum absolute atomic E-state index is 5.78. The van der Waals surface area contributed by atoms with Crippen LogP contribution < -0.4 is 10.5 Å². The van der Waals surface area contributed by atoms with Crippen LogP contribution in [-0.4, -0.2) is 13.7 Å². The molecule has 0 unspecified atom stereocenters. The van der Waals surface area contributed by atoms with E-state index in [4.69, 9.17) is 10.5 Å². The summed E-state index contributed by atoms with van der Waals surface area (Å²) in [6, 6.07) is 6.29. The van der Waals surface area contributed by atoms with E-state index in [0.29, 0.717) is 5.41 Å². The Morgan fingerprint density at radius 3 is 2.69 bits per heavy atom. The fourth-order valence-corrected chi connectivity index (χ4v) is 2.60. The maximum atomic E-state index is 5.78. The largest absolute Gasteiger partial charge is 0.496 e. The van der Waals surface area contributed by atoms with Gasteiger partial charge in [0, 0.05) is 0 Å². The van der Waals surface area contributed by atoms with Crippen molar-refractivity contribution in [3.63, 3.8) is 0 Å². The van der Waals surface area contributed by atoms with E-state index in [9.17, 15) is 0 Å². The summed E-state index contributed by atoms with van der Waals surface area (Å²) in [6.07, 6.45) is 4.93. The van der Waals surface area contributed by atoms with Crippen LogP contribution in [0.3, 0.4) is 0 Å². The Morgan fingerprint density at radius 1 is 1.44 bits per heavy atom. The second kappa shape index (κ2) is 4.76. The maximum Gasteiger partial charge on any atom is 0.133 e. The quantitative estimate of drug-likeness (QED) is 0.901. The summed E-state index contributed by atoms with van der Waals surface area (Å²) in [6.45, 7) is 0.838. The van der Waals surface area contributed by atoms with Gasteiger partial charge >= 0.3 is 0 Å². The second-order valence-corrected chi connectivity index (χ2v) is 5.53. The molecule has 0 saturated heterocycles. The smallest absolute Gasteiger partial charge is 0.133 e. The van der Waals surface area contributed by atoms with Crippen LogP contribution in [0.15, 0.2) is 22.7 Å². The summed E-state index contributed by atoms with van der Waals surface area (Å²) in [7, 11) is 1.69. The van der Waals surface area contributed by atoms with Gasteiger partial charge in [-0.3, -0.25) is 0 Å². The van der Waals surface area contributed by atoms with Gasteiger partial charge in [0.1, 0.15) is 5.75 Å². The van der Waals surface area contributed by atoms with Crippen molar-refractivity contribution in [2.75, 3.05) is 13.7 Å². The zero-order chi connectivity index (χ0) is 11.6. The third-order valence-electron chi connectivity index (χ3n) is 3.55. The fraction of sp³-hybridized carbons (Fsp3) is 0.538. The van der Waals surface area contributed by atoms with Gasteiger partial charge in [-0.2, -0.15) is 0 Å². The third kappa shape index (κ3) is 2.58. The zero-order valence-corrected chi connectivity index (χ0v) is 11.2. The number of aryl methyl sites for hydroxylation is 1. The molecule has 88 valence electrons. The monoisotopic (exact) mass is 283 g/mol. The summed E-state index contributed by atoms with van der Waals surface area (Å²) in [5, 5.41) is 0. The van der Waals surface area contributed by atoms with E-state index in [-0.39, 0.29) is 0 Å². The summed E-state index contributed by atoms with van der Waals surface area (Å²) in [5.41, 5.74) is 7.60. The SMILES string of the molecule is COc1ccc(CCC2(CN)CC2)cc1Br. The molecule has 1 aliphatic rings. The molecule has 0 heterocycles. The molecule has 1 aliphatic carbocycles. The number of hydrogen-bond donors (Lipinski definition) is 1. The van der Waals surface area contributed by atoms with Gasteiger partial charge in [-0.15, -0.1) is 0 Å². The number of hydrogen-bond acceptors (Lipinski definition) is 2. The fourth-order valence-electron chi connectivity index (χ4n) is 2.01. The standard InChI is InChI=1S/C13H18BrNO/c1-16-12-3-2-10(8-11(12)14)4-5-13(9-15)6-7-13/h2-3,8H,4-7,9,15H2,1H3. The molecule has 2 N–H and O–H groups in total. The molecule has 0 spiro atoms. The minimum Gasteiger partial charge on any atom is -0.496 e. The van der Waals surface area contributed by atoms with Crippen molar-refractivity contribution in [2.45, 2.75) is 25.7 Å². The molecule has 2 nitrogen and oxygen atoms in total. The first-order valence-corrected chi connectivity index (χ1v) is 6.51. The highest BCUT2D eigenvalue weighted by Gasteiger charge is 2.40. The van der Waals surface area contributed by atoms with Gasteiger partial charge in [-0.05, 0) is 71.3 Å². The van der Waals surface area contributed by atoms with Gasteiger partial charge in [0.15, 0.2) is 0 Å². The van der Waals surface area contributed by atoms with Crippen molar-refractivity contribution in [3.8, 4) is 5.75 Å². The predicted molar refractivity (Wildman–Crippen MR) is 69.7 cm³/mol. The Bertz CT molecular complexity index is 374. The van der Waals surface area contributed by atoms with Crippen LogP contribution in [0.5, 0.6) is 5.75 Å². The van der Waals surface area contributed by atoms with Crippen LogP contribution >= 0.6 is 15.9 Å². The average molecular weight is 284 g/mol. The van der Waals surface area contributed by atoms with Gasteiger partial charge < -0.3 is 10.5 Å². The molecule has 1 fully saturated rings. The molecule has 0 radical (unpaired) electrons. The highest BCUT2D eigenvalue weighted by Crippen LogP contribution is 2.48. The molecular weight excluding hydrogens is 266 g/mol. The molecule has 3 heteroatoms. The number of nitrogens with two attached hydrogens (primary N) is 1. The van der Waals surface area contributed by atoms with E-state index >= 15 is 0 Å². The first kappa shape index (κ1) is 11.9. The van der Waals surface area contributed by atoms with Gasteiger partial charge in [0.05, 0.1) is 11.6 Å². The highest BCUT2D eigenvalue weighted by atomic mass is 79.9. The molecule has 0 atom stereocenters. The van der Waals surface area contributed by atoms with E-state index in [1.807, 2.05) is 6.07 Å². The number of methoxy groups -OCH3 is 1. The second-order valence-electron chi connectivity index (χ2n) is 4.67. The lowest BCUT2D eigenvalue weighted by atomic mass is 9.97. The van der Waals surface area contributed by atoms with E-state index in [1.165, 1.54) is 24.8 Å². The summed E-state index contributed by atoms with van der Waals surface area (Å²) < 4.78 is 6.24. The van der Waals surface area contributed by atoms with Crippen molar-refractivity contribution in [2.24, 2.45) is 11.1 Å². The van der Waals surface area contributed by atoms with Crippen LogP contribution in [0.25, 0.3) is 0 Å². The number of ether oxygens (including phenoxy) is 1. The van der Waals surface area contributed by atoms with Crippen molar-refractivity contribution >= 4 is 15.9 Å². The first-order chi connectivity index (χ1) is 7.69. The lowest BCUT2D eigenvalue weighted by Gasteiger charge is -2.12. The van der Waals surface area contributed by atoms with Crippen LogP contribution in [0.2, 0.25) is 0 Å². The number of rotatable bonds is 5. The Kier molecular flexibility index (Phi) is 3.55. The van der Waals surface area contributed by atoms with Crippen LogP contribution in [0.1, 0.15) is 24.8 Å². The van der Waals surface area contributed by atoms with Gasteiger partial charge in [-0.25, -0.2) is 0 Å². The molecule has 1 saturated carbocycles. The van der Waals surface area contributed by atoms with E-state index in [1.54, 1.807) is 7.11 Å². The summed E-state index contributed by atoms with van der Waals surface area (Å²) in [5.74, 6) is 0.892. The highest BCUT2D eigenvalue weighted by molar-refractivity contribution is 9.10. The van der Waals surface area contributed by atoms with Gasteiger partial charge in [-0.1, -0.05) is 6.07 Å². The lowest BCUT2D eigenvalue weighted by molar-refractivity contribution is 0.411. The number of benzene rings is 1. The first-order valence-electron chi connectivity index (χ1n) is 5.72. The Labute approximate surface area is 105 Å². The predicted octanol–water partition coefficient (Wildman–Crippen LogP) is 3.13. The lowest BCUT2D eigenvalue weighted by Crippen LogP contribution is -2.15. The topological polar surface area (TPSA) is 35.2 Å². The van der Waals surface area contributed by atoms with Crippen molar-refractivity contribution in [1.29, 1.82) is 0 Å². The van der Waals surface area contributed by atoms with Crippen molar-refractivity contribution in [3.05, 3.63) is 28.2 Å². The molecule has 1 aromatic carbocycles. The molecule has 0 bridgehead atoms. The molecule has 0 aliphatic heterocycles.